The standard InChI is InChI=1S/C20H21ClN2O2/c1-14-8-10-23(11-9-14)20(25)16-5-2-4-15(12-16)19(24)22-18-7-3-6-17(21)13-18/h2-7,12-14H,8-11H2,1H3,(H,22,24). The Kier molecular flexibility index (Phi) is 5.39. The van der Waals surface area contributed by atoms with Gasteiger partial charge in [-0.1, -0.05) is 30.7 Å². The zero-order chi connectivity index (χ0) is 17.8. The van der Waals surface area contributed by atoms with Gasteiger partial charge in [-0.3, -0.25) is 9.59 Å². The van der Waals surface area contributed by atoms with Crippen LogP contribution < -0.4 is 5.32 Å². The van der Waals surface area contributed by atoms with Gasteiger partial charge in [-0.2, -0.15) is 0 Å². The second kappa shape index (κ2) is 7.70. The van der Waals surface area contributed by atoms with Gasteiger partial charge in [0.2, 0.25) is 0 Å². The number of likely N-dealkylation sites (tertiary alicyclic amines) is 1. The molecule has 2 aromatic carbocycles. The van der Waals surface area contributed by atoms with Crippen LogP contribution in [0.5, 0.6) is 0 Å². The zero-order valence-electron chi connectivity index (χ0n) is 14.2. The second-order valence-corrected chi connectivity index (χ2v) is 6.96. The Morgan fingerprint density at radius 1 is 1.04 bits per heavy atom. The van der Waals surface area contributed by atoms with Gasteiger partial charge < -0.3 is 10.2 Å². The molecule has 0 aromatic heterocycles. The van der Waals surface area contributed by atoms with E-state index in [4.69, 9.17) is 11.6 Å². The quantitative estimate of drug-likeness (QED) is 0.882. The van der Waals surface area contributed by atoms with Gasteiger partial charge in [0.15, 0.2) is 0 Å². The van der Waals surface area contributed by atoms with Crippen molar-refractivity contribution in [3.05, 3.63) is 64.7 Å². The maximum absolute atomic E-state index is 12.7. The SMILES string of the molecule is CC1CCN(C(=O)c2cccc(C(=O)Nc3cccc(Cl)c3)c2)CC1. The molecular formula is C20H21ClN2O2. The minimum atomic E-state index is -0.260. The molecule has 5 heteroatoms. The van der Waals surface area contributed by atoms with Crippen LogP contribution in [-0.2, 0) is 0 Å². The lowest BCUT2D eigenvalue weighted by Crippen LogP contribution is -2.38. The summed E-state index contributed by atoms with van der Waals surface area (Å²) >= 11 is 5.94. The van der Waals surface area contributed by atoms with Crippen LogP contribution in [0.2, 0.25) is 5.02 Å². The number of nitrogens with one attached hydrogen (secondary N) is 1. The monoisotopic (exact) mass is 356 g/mol. The van der Waals surface area contributed by atoms with Gasteiger partial charge in [0.1, 0.15) is 0 Å². The van der Waals surface area contributed by atoms with Crippen molar-refractivity contribution in [1.82, 2.24) is 4.90 Å². The van der Waals surface area contributed by atoms with Gasteiger partial charge in [0, 0.05) is 34.9 Å². The van der Waals surface area contributed by atoms with Crippen molar-refractivity contribution < 1.29 is 9.59 Å². The van der Waals surface area contributed by atoms with Gasteiger partial charge in [-0.25, -0.2) is 0 Å². The molecule has 1 aliphatic heterocycles. The van der Waals surface area contributed by atoms with Crippen molar-refractivity contribution in [2.75, 3.05) is 18.4 Å². The number of rotatable bonds is 3. The Morgan fingerprint density at radius 2 is 1.72 bits per heavy atom. The summed E-state index contributed by atoms with van der Waals surface area (Å²) in [5.41, 5.74) is 1.63. The molecule has 2 amide bonds. The summed E-state index contributed by atoms with van der Waals surface area (Å²) in [6.07, 6.45) is 2.06. The van der Waals surface area contributed by atoms with E-state index in [1.165, 1.54) is 0 Å². The summed E-state index contributed by atoms with van der Waals surface area (Å²) in [5.74, 6) is 0.396. The zero-order valence-corrected chi connectivity index (χ0v) is 14.9. The van der Waals surface area contributed by atoms with Crippen LogP contribution in [0.25, 0.3) is 0 Å². The van der Waals surface area contributed by atoms with Crippen LogP contribution in [-0.4, -0.2) is 29.8 Å². The molecule has 1 saturated heterocycles. The molecule has 130 valence electrons. The van der Waals surface area contributed by atoms with Crippen molar-refractivity contribution in [2.24, 2.45) is 5.92 Å². The topological polar surface area (TPSA) is 49.4 Å². The van der Waals surface area contributed by atoms with Crippen LogP contribution in [0.15, 0.2) is 48.5 Å². The highest BCUT2D eigenvalue weighted by atomic mass is 35.5. The normalized spacial score (nSPS) is 15.0. The first-order chi connectivity index (χ1) is 12.0. The number of anilines is 1. The maximum Gasteiger partial charge on any atom is 0.255 e. The number of carbonyl (C=O) groups excluding carboxylic acids is 2. The Morgan fingerprint density at radius 3 is 2.44 bits per heavy atom. The minimum absolute atomic E-state index is 0.00990. The predicted molar refractivity (Wildman–Crippen MR) is 100 cm³/mol. The van der Waals surface area contributed by atoms with Crippen LogP contribution in [0.1, 0.15) is 40.5 Å². The van der Waals surface area contributed by atoms with E-state index >= 15 is 0 Å². The molecule has 0 spiro atoms. The minimum Gasteiger partial charge on any atom is -0.339 e. The van der Waals surface area contributed by atoms with Crippen LogP contribution in [0.4, 0.5) is 5.69 Å². The van der Waals surface area contributed by atoms with Crippen molar-refractivity contribution in [1.29, 1.82) is 0 Å². The number of benzene rings is 2. The van der Waals surface area contributed by atoms with Crippen molar-refractivity contribution in [3.8, 4) is 0 Å². The highest BCUT2D eigenvalue weighted by molar-refractivity contribution is 6.31. The maximum atomic E-state index is 12.7. The first kappa shape index (κ1) is 17.5. The van der Waals surface area contributed by atoms with Crippen molar-refractivity contribution in [3.63, 3.8) is 0 Å². The largest absolute Gasteiger partial charge is 0.339 e. The molecule has 1 fully saturated rings. The average Bonchev–Trinajstić information content (AvgIpc) is 2.62. The Hall–Kier alpha value is -2.33. The van der Waals surface area contributed by atoms with Crippen molar-refractivity contribution in [2.45, 2.75) is 19.8 Å². The second-order valence-electron chi connectivity index (χ2n) is 6.52. The first-order valence-corrected chi connectivity index (χ1v) is 8.87. The fourth-order valence-corrected chi connectivity index (χ4v) is 3.15. The summed E-state index contributed by atoms with van der Waals surface area (Å²) < 4.78 is 0. The number of nitrogens with zero attached hydrogens (tertiary/aromatic N) is 1. The van der Waals surface area contributed by atoms with E-state index in [9.17, 15) is 9.59 Å². The molecule has 0 atom stereocenters. The molecule has 1 heterocycles. The Balaban J connectivity index is 1.72. The third-order valence-corrected chi connectivity index (χ3v) is 4.76. The number of halogens is 1. The summed E-state index contributed by atoms with van der Waals surface area (Å²) in [5, 5.41) is 3.36. The first-order valence-electron chi connectivity index (χ1n) is 8.49. The number of hydrogen-bond acceptors (Lipinski definition) is 2. The number of piperidine rings is 1. The van der Waals surface area contributed by atoms with Gasteiger partial charge in [0.05, 0.1) is 0 Å². The number of hydrogen-bond donors (Lipinski definition) is 1. The van der Waals surface area contributed by atoms with Crippen LogP contribution >= 0.6 is 11.6 Å². The van der Waals surface area contributed by atoms with Crippen molar-refractivity contribution >= 4 is 29.1 Å². The van der Waals surface area contributed by atoms with Crippen LogP contribution in [0, 0.1) is 5.92 Å². The van der Waals surface area contributed by atoms with E-state index in [1.54, 1.807) is 48.5 Å². The number of carbonyl (C=O) groups is 2. The lowest BCUT2D eigenvalue weighted by atomic mass is 9.98. The van der Waals surface area contributed by atoms with E-state index in [0.717, 1.165) is 25.9 Å². The molecule has 0 saturated carbocycles. The molecule has 0 aliphatic carbocycles. The smallest absolute Gasteiger partial charge is 0.255 e. The van der Waals surface area contributed by atoms with E-state index in [1.807, 2.05) is 4.90 Å². The summed E-state index contributed by atoms with van der Waals surface area (Å²) in [4.78, 5) is 27.0. The highest BCUT2D eigenvalue weighted by Crippen LogP contribution is 2.19. The van der Waals surface area contributed by atoms with E-state index in [0.29, 0.717) is 27.8 Å². The van der Waals surface area contributed by atoms with E-state index in [-0.39, 0.29) is 11.8 Å². The molecule has 0 unspecified atom stereocenters. The molecule has 3 rings (SSSR count). The van der Waals surface area contributed by atoms with E-state index in [2.05, 4.69) is 12.2 Å². The molecule has 0 bridgehead atoms. The summed E-state index contributed by atoms with van der Waals surface area (Å²) in [6, 6.07) is 13.8. The molecule has 0 radical (unpaired) electrons. The number of amides is 2. The molecule has 1 aliphatic rings. The average molecular weight is 357 g/mol. The lowest BCUT2D eigenvalue weighted by molar-refractivity contribution is 0.0697. The Labute approximate surface area is 152 Å². The fourth-order valence-electron chi connectivity index (χ4n) is 2.96. The van der Waals surface area contributed by atoms with Gasteiger partial charge in [-0.15, -0.1) is 0 Å². The highest BCUT2D eigenvalue weighted by Gasteiger charge is 2.22. The van der Waals surface area contributed by atoms with E-state index < -0.39 is 0 Å². The summed E-state index contributed by atoms with van der Waals surface area (Å²) in [7, 11) is 0. The van der Waals surface area contributed by atoms with Gasteiger partial charge in [-0.05, 0) is 55.2 Å². The molecule has 1 N–H and O–H groups in total. The Bertz CT molecular complexity index is 783. The third-order valence-electron chi connectivity index (χ3n) is 4.53. The van der Waals surface area contributed by atoms with Gasteiger partial charge in [0.25, 0.3) is 11.8 Å². The molecular weight excluding hydrogens is 336 g/mol. The molecule has 4 nitrogen and oxygen atoms in total. The van der Waals surface area contributed by atoms with Gasteiger partial charge >= 0.3 is 0 Å². The predicted octanol–water partition coefficient (Wildman–Crippen LogP) is 4.46. The molecule has 2 aromatic rings. The summed E-state index contributed by atoms with van der Waals surface area (Å²) in [6.45, 7) is 3.76. The lowest BCUT2D eigenvalue weighted by Gasteiger charge is -2.30. The fraction of sp³-hybridized carbons (Fsp3) is 0.300. The molecule has 25 heavy (non-hydrogen) atoms. The van der Waals surface area contributed by atoms with Crippen LogP contribution in [0.3, 0.4) is 0 Å². The third kappa shape index (κ3) is 4.40.